The number of nitrogens with zero attached hydrogens (tertiary/aromatic N) is 4. The number of aliphatic imine (C=N–C) groups is 1. The molecule has 2 aliphatic rings. The summed E-state index contributed by atoms with van der Waals surface area (Å²) in [6.45, 7) is 9.19. The van der Waals surface area contributed by atoms with Gasteiger partial charge < -0.3 is 24.4 Å². The van der Waals surface area contributed by atoms with Gasteiger partial charge in [0.2, 0.25) is 0 Å². The Kier molecular flexibility index (Phi) is 6.75. The normalized spacial score (nSPS) is 18.7. The minimum absolute atomic E-state index is 0.158. The van der Waals surface area contributed by atoms with Crippen molar-refractivity contribution in [1.82, 2.24) is 19.7 Å². The van der Waals surface area contributed by atoms with Crippen LogP contribution in [0.25, 0.3) is 0 Å². The van der Waals surface area contributed by atoms with Crippen LogP contribution in [-0.2, 0) is 18.3 Å². The van der Waals surface area contributed by atoms with Crippen LogP contribution in [0.5, 0.6) is 0 Å². The molecular weight excluding hydrogens is 366 g/mol. The zero-order chi connectivity index (χ0) is 21.0. The molecule has 0 bridgehead atoms. The van der Waals surface area contributed by atoms with Crippen LogP contribution in [-0.4, -0.2) is 64.7 Å². The summed E-state index contributed by atoms with van der Waals surface area (Å²) in [5.41, 5.74) is 0.785. The molecule has 29 heavy (non-hydrogen) atoms. The third kappa shape index (κ3) is 6.41. The number of piperidine rings is 1. The Hall–Kier alpha value is -2.18. The number of aromatic nitrogens is 1. The van der Waals surface area contributed by atoms with Gasteiger partial charge >= 0.3 is 6.09 Å². The Labute approximate surface area is 175 Å². The minimum atomic E-state index is -0.455. The Morgan fingerprint density at radius 3 is 2.48 bits per heavy atom. The van der Waals surface area contributed by atoms with Crippen molar-refractivity contribution in [2.24, 2.45) is 18.0 Å². The van der Waals surface area contributed by atoms with Gasteiger partial charge in [-0.1, -0.05) is 0 Å². The summed E-state index contributed by atoms with van der Waals surface area (Å²) in [6, 6.07) is 2.36. The number of carbonyl (C=O) groups excluding carboxylic acids is 1. The predicted octanol–water partition coefficient (Wildman–Crippen LogP) is 3.21. The lowest BCUT2D eigenvalue weighted by atomic mass is 10.0. The van der Waals surface area contributed by atoms with E-state index in [-0.39, 0.29) is 12.1 Å². The van der Waals surface area contributed by atoms with E-state index in [1.165, 1.54) is 18.4 Å². The van der Waals surface area contributed by atoms with Crippen LogP contribution in [0.15, 0.2) is 23.5 Å². The number of hydrogen-bond acceptors (Lipinski definition) is 3. The van der Waals surface area contributed by atoms with Crippen molar-refractivity contribution in [3.63, 3.8) is 0 Å². The third-order valence-corrected chi connectivity index (χ3v) is 5.54. The molecule has 1 aliphatic heterocycles. The van der Waals surface area contributed by atoms with E-state index in [1.807, 2.05) is 39.8 Å². The summed E-state index contributed by atoms with van der Waals surface area (Å²) < 4.78 is 7.75. The maximum absolute atomic E-state index is 12.8. The SMILES string of the molecule is CN=C(NCc1ccn(C)c1)N1CCC(N(CC2CC2)C(=O)OC(C)(C)C)CC1. The largest absolute Gasteiger partial charge is 0.444 e. The van der Waals surface area contributed by atoms with Gasteiger partial charge in [-0.05, 0) is 64.0 Å². The van der Waals surface area contributed by atoms with Crippen molar-refractivity contribution in [1.29, 1.82) is 0 Å². The molecule has 1 aliphatic carbocycles. The number of hydrogen-bond donors (Lipinski definition) is 1. The molecule has 1 aromatic rings. The molecular formula is C22H37N5O2. The van der Waals surface area contributed by atoms with Crippen molar-refractivity contribution >= 4 is 12.1 Å². The van der Waals surface area contributed by atoms with Gasteiger partial charge in [0.15, 0.2) is 5.96 Å². The van der Waals surface area contributed by atoms with E-state index in [1.54, 1.807) is 0 Å². The molecule has 2 fully saturated rings. The number of likely N-dealkylation sites (tertiary alicyclic amines) is 1. The fraction of sp³-hybridized carbons (Fsp3) is 0.727. The maximum atomic E-state index is 12.8. The van der Waals surface area contributed by atoms with E-state index in [4.69, 9.17) is 4.74 Å². The molecule has 0 atom stereocenters. The summed E-state index contributed by atoms with van der Waals surface area (Å²) in [6.07, 6.45) is 8.35. The topological polar surface area (TPSA) is 62.1 Å². The first-order valence-electron chi connectivity index (χ1n) is 10.8. The summed E-state index contributed by atoms with van der Waals surface area (Å²) >= 11 is 0. The second kappa shape index (κ2) is 9.09. The van der Waals surface area contributed by atoms with Gasteiger partial charge in [0, 0.05) is 58.7 Å². The maximum Gasteiger partial charge on any atom is 0.410 e. The Balaban J connectivity index is 1.54. The zero-order valence-corrected chi connectivity index (χ0v) is 18.6. The van der Waals surface area contributed by atoms with Gasteiger partial charge in [-0.15, -0.1) is 0 Å². The van der Waals surface area contributed by atoms with E-state index < -0.39 is 5.60 Å². The Morgan fingerprint density at radius 1 is 1.28 bits per heavy atom. The fourth-order valence-electron chi connectivity index (χ4n) is 3.84. The second-order valence-corrected chi connectivity index (χ2v) is 9.38. The first kappa shape index (κ1) is 21.5. The van der Waals surface area contributed by atoms with Gasteiger partial charge in [-0.3, -0.25) is 4.99 Å². The van der Waals surface area contributed by atoms with E-state index in [0.29, 0.717) is 5.92 Å². The van der Waals surface area contributed by atoms with E-state index in [9.17, 15) is 4.79 Å². The molecule has 0 spiro atoms. The van der Waals surface area contributed by atoms with Gasteiger partial charge in [0.1, 0.15) is 5.60 Å². The molecule has 1 amide bonds. The van der Waals surface area contributed by atoms with Gasteiger partial charge in [0.25, 0.3) is 0 Å². The number of amides is 1. The lowest BCUT2D eigenvalue weighted by Crippen LogP contribution is -2.52. The number of nitrogens with one attached hydrogen (secondary N) is 1. The molecule has 1 N–H and O–H groups in total. The average Bonchev–Trinajstić information content (AvgIpc) is 3.39. The quantitative estimate of drug-likeness (QED) is 0.606. The summed E-state index contributed by atoms with van der Waals surface area (Å²) in [7, 11) is 3.86. The Bertz CT molecular complexity index is 709. The van der Waals surface area contributed by atoms with Crippen molar-refractivity contribution in [3.05, 3.63) is 24.0 Å². The number of guanidine groups is 1. The third-order valence-electron chi connectivity index (χ3n) is 5.54. The highest BCUT2D eigenvalue weighted by Gasteiger charge is 2.35. The number of aryl methyl sites for hydroxylation is 1. The van der Waals surface area contributed by atoms with Crippen LogP contribution in [0, 0.1) is 5.92 Å². The molecule has 1 aromatic heterocycles. The molecule has 7 heteroatoms. The lowest BCUT2D eigenvalue weighted by molar-refractivity contribution is 0.00928. The molecule has 162 valence electrons. The smallest absolute Gasteiger partial charge is 0.410 e. The molecule has 3 rings (SSSR count). The lowest BCUT2D eigenvalue weighted by Gasteiger charge is -2.40. The van der Waals surface area contributed by atoms with Crippen LogP contribution in [0.4, 0.5) is 4.79 Å². The van der Waals surface area contributed by atoms with Crippen molar-refractivity contribution < 1.29 is 9.53 Å². The van der Waals surface area contributed by atoms with Crippen LogP contribution in [0.3, 0.4) is 0 Å². The van der Waals surface area contributed by atoms with Crippen molar-refractivity contribution in [2.45, 2.75) is 64.6 Å². The van der Waals surface area contributed by atoms with Gasteiger partial charge in [-0.25, -0.2) is 4.79 Å². The summed E-state index contributed by atoms with van der Waals surface area (Å²) in [5.74, 6) is 1.58. The Morgan fingerprint density at radius 2 is 1.97 bits per heavy atom. The number of carbonyl (C=O) groups is 1. The minimum Gasteiger partial charge on any atom is -0.444 e. The molecule has 7 nitrogen and oxygen atoms in total. The van der Waals surface area contributed by atoms with E-state index >= 15 is 0 Å². The van der Waals surface area contributed by atoms with Gasteiger partial charge in [-0.2, -0.15) is 0 Å². The van der Waals surface area contributed by atoms with Crippen molar-refractivity contribution in [2.75, 3.05) is 26.7 Å². The highest BCUT2D eigenvalue weighted by Crippen LogP contribution is 2.32. The van der Waals surface area contributed by atoms with Crippen LogP contribution >= 0.6 is 0 Å². The first-order valence-corrected chi connectivity index (χ1v) is 10.8. The van der Waals surface area contributed by atoms with Gasteiger partial charge in [0.05, 0.1) is 0 Å². The van der Waals surface area contributed by atoms with Crippen LogP contribution < -0.4 is 5.32 Å². The monoisotopic (exact) mass is 403 g/mol. The van der Waals surface area contributed by atoms with E-state index in [0.717, 1.165) is 45.0 Å². The predicted molar refractivity (Wildman–Crippen MR) is 116 cm³/mol. The summed E-state index contributed by atoms with van der Waals surface area (Å²) in [5, 5.41) is 3.47. The zero-order valence-electron chi connectivity index (χ0n) is 18.6. The number of rotatable bonds is 5. The van der Waals surface area contributed by atoms with Crippen LogP contribution in [0.2, 0.25) is 0 Å². The van der Waals surface area contributed by atoms with Crippen molar-refractivity contribution in [3.8, 4) is 0 Å². The molecule has 1 saturated heterocycles. The highest BCUT2D eigenvalue weighted by molar-refractivity contribution is 5.80. The molecule has 2 heterocycles. The second-order valence-electron chi connectivity index (χ2n) is 9.38. The fourth-order valence-corrected chi connectivity index (χ4v) is 3.84. The van der Waals surface area contributed by atoms with Crippen LogP contribution in [0.1, 0.15) is 52.0 Å². The van der Waals surface area contributed by atoms with E-state index in [2.05, 4.69) is 38.2 Å². The summed E-state index contributed by atoms with van der Waals surface area (Å²) in [4.78, 5) is 21.6. The average molecular weight is 404 g/mol. The highest BCUT2D eigenvalue weighted by atomic mass is 16.6. The molecule has 0 radical (unpaired) electrons. The molecule has 1 saturated carbocycles. The number of ether oxygens (including phenoxy) is 1. The molecule has 0 unspecified atom stereocenters. The molecule has 0 aromatic carbocycles. The standard InChI is InChI=1S/C22H37N5O2/c1-22(2,3)29-21(28)27(16-17-6-7-17)19-9-12-26(13-10-19)20(23-4)24-14-18-8-11-25(5)15-18/h8,11,15,17,19H,6-7,9-10,12-14,16H2,1-5H3,(H,23,24). The first-order chi connectivity index (χ1) is 13.7.